The standard InChI is InChI=1S/C66H58/c1-33-21-37(5)57(38(6)22-33)61-47-19-15-13-17-45(47)49-29-53-55(31-51(49)61)65-64(60-43(11)27-36(4)28-44(60)12)54-30-50-46-18-14-16-20-48(46)62(58-39(7)23-34(2)24-40(58)8)52(50)32-56(54)66(65)63(53)59-41(9)25-35(3)26-42(59)10/h13-32,45,47H,1-12H3. The average Bonchev–Trinajstić information content (AvgIpc) is 3.94. The van der Waals surface area contributed by atoms with Gasteiger partial charge in [-0.3, -0.25) is 0 Å². The summed E-state index contributed by atoms with van der Waals surface area (Å²) in [5.74, 6) is 0.559. The second kappa shape index (κ2) is 14.4. The molecule has 12 rings (SSSR count). The van der Waals surface area contributed by atoms with Crippen LogP contribution in [0.4, 0.5) is 0 Å². The first-order valence-corrected chi connectivity index (χ1v) is 24.1. The van der Waals surface area contributed by atoms with Gasteiger partial charge < -0.3 is 0 Å². The highest BCUT2D eigenvalue weighted by Gasteiger charge is 2.40. The van der Waals surface area contributed by atoms with Crippen molar-refractivity contribution in [2.24, 2.45) is 5.92 Å². The molecular weight excluding hydrogens is 793 g/mol. The highest BCUT2D eigenvalue weighted by atomic mass is 14.4. The first kappa shape index (κ1) is 40.7. The van der Waals surface area contributed by atoms with Gasteiger partial charge in [-0.2, -0.15) is 0 Å². The number of hydrogen-bond donors (Lipinski definition) is 0. The van der Waals surface area contributed by atoms with Crippen LogP contribution >= 0.6 is 0 Å². The molecule has 5 aliphatic rings. The predicted octanol–water partition coefficient (Wildman–Crippen LogP) is 13.0. The van der Waals surface area contributed by atoms with Crippen molar-refractivity contribution in [1.29, 1.82) is 0 Å². The number of hydrogen-bond acceptors (Lipinski definition) is 0. The molecule has 66 heavy (non-hydrogen) atoms. The van der Waals surface area contributed by atoms with E-state index in [2.05, 4.69) is 204 Å². The fourth-order valence-electron chi connectivity index (χ4n) is 13.9. The van der Waals surface area contributed by atoms with Gasteiger partial charge in [0.25, 0.3) is 0 Å². The molecule has 7 aromatic carbocycles. The Balaban J connectivity index is 1.29. The first-order valence-electron chi connectivity index (χ1n) is 24.1. The summed E-state index contributed by atoms with van der Waals surface area (Å²) < 4.78 is 0. The van der Waals surface area contributed by atoms with E-state index < -0.39 is 0 Å². The molecule has 0 saturated carbocycles. The summed E-state index contributed by atoms with van der Waals surface area (Å²) in [4.78, 5) is 0. The summed E-state index contributed by atoms with van der Waals surface area (Å²) in [6, 6.07) is 38.8. The van der Waals surface area contributed by atoms with Crippen LogP contribution in [0.3, 0.4) is 0 Å². The maximum atomic E-state index is 2.66. The van der Waals surface area contributed by atoms with Gasteiger partial charge in [0.2, 0.25) is 0 Å². The number of aryl methyl sites for hydroxylation is 12. The summed E-state index contributed by atoms with van der Waals surface area (Å²) in [5, 5.41) is 5.47. The van der Waals surface area contributed by atoms with Gasteiger partial charge in [-0.05, 0) is 262 Å². The molecule has 0 fully saturated rings. The maximum absolute atomic E-state index is 2.66. The van der Waals surface area contributed by atoms with Crippen molar-refractivity contribution in [2.45, 2.75) is 89.0 Å². The molecule has 322 valence electrons. The lowest BCUT2D eigenvalue weighted by molar-refractivity contribution is 0.740. The topological polar surface area (TPSA) is 0 Å². The minimum absolute atomic E-state index is 0.277. The molecule has 0 N–H and O–H groups in total. The Hall–Kier alpha value is -6.76. The van der Waals surface area contributed by atoms with Crippen LogP contribution in [-0.4, -0.2) is 0 Å². The molecule has 0 aliphatic heterocycles. The Bertz CT molecular complexity index is 3720. The van der Waals surface area contributed by atoms with Crippen LogP contribution in [0.1, 0.15) is 117 Å². The lowest BCUT2D eigenvalue weighted by atomic mass is 9.80. The number of allylic oxidation sites excluding steroid dienone is 6. The molecule has 7 aromatic rings. The van der Waals surface area contributed by atoms with E-state index in [1.165, 1.54) is 177 Å². The molecule has 0 spiro atoms. The monoisotopic (exact) mass is 850 g/mol. The van der Waals surface area contributed by atoms with Crippen LogP contribution < -0.4 is 20.9 Å². The molecule has 0 saturated heterocycles. The van der Waals surface area contributed by atoms with E-state index in [1.54, 1.807) is 0 Å². The van der Waals surface area contributed by atoms with E-state index in [-0.39, 0.29) is 11.8 Å². The molecule has 0 radical (unpaired) electrons. The molecule has 2 atom stereocenters. The lowest BCUT2D eigenvalue weighted by Crippen LogP contribution is -2.23. The minimum atomic E-state index is 0.277. The molecule has 0 bridgehead atoms. The van der Waals surface area contributed by atoms with Gasteiger partial charge in [0.1, 0.15) is 0 Å². The first-order chi connectivity index (χ1) is 31.7. The van der Waals surface area contributed by atoms with E-state index in [1.807, 2.05) is 0 Å². The summed E-state index contributed by atoms with van der Waals surface area (Å²) in [6.07, 6.45) is 9.50. The molecule has 0 amide bonds. The summed E-state index contributed by atoms with van der Waals surface area (Å²) >= 11 is 0. The second-order valence-corrected chi connectivity index (χ2v) is 20.7. The second-order valence-electron chi connectivity index (χ2n) is 20.7. The molecule has 5 aliphatic carbocycles. The highest BCUT2D eigenvalue weighted by Crippen LogP contribution is 2.52. The van der Waals surface area contributed by atoms with Crippen molar-refractivity contribution in [3.05, 3.63) is 254 Å². The van der Waals surface area contributed by atoms with Crippen LogP contribution in [0.5, 0.6) is 0 Å². The Morgan fingerprint density at radius 2 is 0.652 bits per heavy atom. The quantitative estimate of drug-likeness (QED) is 0.165. The lowest BCUT2D eigenvalue weighted by Gasteiger charge is -2.23. The third kappa shape index (κ3) is 5.64. The zero-order valence-electron chi connectivity index (χ0n) is 40.7. The van der Waals surface area contributed by atoms with Crippen molar-refractivity contribution in [3.63, 3.8) is 0 Å². The van der Waals surface area contributed by atoms with E-state index in [0.717, 1.165) is 0 Å². The van der Waals surface area contributed by atoms with E-state index in [0.29, 0.717) is 0 Å². The molecule has 0 aromatic heterocycles. The van der Waals surface area contributed by atoms with E-state index in [9.17, 15) is 0 Å². The number of fused-ring (bicyclic) bond motifs is 10. The summed E-state index contributed by atoms with van der Waals surface area (Å²) in [7, 11) is 0. The van der Waals surface area contributed by atoms with Crippen LogP contribution in [-0.2, 0) is 0 Å². The fourth-order valence-corrected chi connectivity index (χ4v) is 13.9. The molecule has 0 heterocycles. The SMILES string of the molecule is Cc1cc(C)c(C2=c3cc4c(cc3C3=C2c2cc5c(cc2=C3c2c(C)cc(C)cc2C)C2C=CC=CC2C=5c2c(C)cc(C)cc2C)=C(c2c(C)cc(C)cc2C)c2ccccc2-4)c(C)c1. The van der Waals surface area contributed by atoms with Crippen LogP contribution in [0.2, 0.25) is 0 Å². The third-order valence-electron chi connectivity index (χ3n) is 15.8. The smallest absolute Gasteiger partial charge is 0.0137 e. The Kier molecular flexibility index (Phi) is 8.87. The summed E-state index contributed by atoms with van der Waals surface area (Å²) in [6.45, 7) is 27.6. The van der Waals surface area contributed by atoms with Gasteiger partial charge in [-0.25, -0.2) is 0 Å². The van der Waals surface area contributed by atoms with Crippen molar-refractivity contribution >= 4 is 33.4 Å². The molecule has 2 unspecified atom stereocenters. The van der Waals surface area contributed by atoms with Gasteiger partial charge in [-0.1, -0.05) is 119 Å². The minimum Gasteiger partial charge on any atom is -0.0761 e. The fraction of sp³-hybridized carbons (Fsp3) is 0.212. The van der Waals surface area contributed by atoms with Gasteiger partial charge in [0.15, 0.2) is 0 Å². The Labute approximate surface area is 391 Å². The van der Waals surface area contributed by atoms with Crippen molar-refractivity contribution in [1.82, 2.24) is 0 Å². The summed E-state index contributed by atoms with van der Waals surface area (Å²) in [5.41, 5.74) is 38.1. The van der Waals surface area contributed by atoms with Crippen molar-refractivity contribution in [2.75, 3.05) is 0 Å². The third-order valence-corrected chi connectivity index (χ3v) is 15.8. The molecular formula is C66H58. The Morgan fingerprint density at radius 3 is 1.14 bits per heavy atom. The number of rotatable bonds is 4. The average molecular weight is 851 g/mol. The normalized spacial score (nSPS) is 17.1. The largest absolute Gasteiger partial charge is 0.0761 e. The van der Waals surface area contributed by atoms with Gasteiger partial charge >= 0.3 is 0 Å². The maximum Gasteiger partial charge on any atom is 0.0137 e. The zero-order valence-corrected chi connectivity index (χ0v) is 40.7. The van der Waals surface area contributed by atoms with Crippen LogP contribution in [0.25, 0.3) is 44.6 Å². The molecule has 0 heteroatoms. The predicted molar refractivity (Wildman–Crippen MR) is 280 cm³/mol. The van der Waals surface area contributed by atoms with Gasteiger partial charge in [0.05, 0.1) is 0 Å². The van der Waals surface area contributed by atoms with E-state index in [4.69, 9.17) is 0 Å². The van der Waals surface area contributed by atoms with Crippen LogP contribution in [0.15, 0.2) is 121 Å². The number of benzene rings is 7. The van der Waals surface area contributed by atoms with Crippen molar-refractivity contribution < 1.29 is 0 Å². The Morgan fingerprint density at radius 1 is 0.288 bits per heavy atom. The van der Waals surface area contributed by atoms with Gasteiger partial charge in [-0.15, -0.1) is 0 Å². The highest BCUT2D eigenvalue weighted by molar-refractivity contribution is 6.32. The molecule has 0 nitrogen and oxygen atoms in total. The zero-order chi connectivity index (χ0) is 45.8. The van der Waals surface area contributed by atoms with Crippen molar-refractivity contribution in [3.8, 4) is 11.1 Å². The van der Waals surface area contributed by atoms with Crippen LogP contribution in [0, 0.1) is 89.0 Å². The van der Waals surface area contributed by atoms with E-state index >= 15 is 0 Å². The van der Waals surface area contributed by atoms with Gasteiger partial charge in [0, 0.05) is 11.8 Å².